The third-order valence-electron chi connectivity index (χ3n) is 4.33. The van der Waals surface area contributed by atoms with Crippen LogP contribution in [0.3, 0.4) is 0 Å². The lowest BCUT2D eigenvalue weighted by atomic mass is 10.1. The minimum Gasteiger partial charge on any atom is -0.490 e. The van der Waals surface area contributed by atoms with Gasteiger partial charge in [0.2, 0.25) is 5.91 Å². The van der Waals surface area contributed by atoms with Crippen molar-refractivity contribution in [1.29, 1.82) is 0 Å². The summed E-state index contributed by atoms with van der Waals surface area (Å²) < 4.78 is 12.6. The number of carbonyl (C=O) groups is 1. The molecular weight excluding hydrogens is 562 g/mol. The molecule has 3 aromatic rings. The van der Waals surface area contributed by atoms with E-state index >= 15 is 0 Å². The summed E-state index contributed by atoms with van der Waals surface area (Å²) in [7, 11) is 0. The van der Waals surface area contributed by atoms with Crippen molar-refractivity contribution in [1.82, 2.24) is 5.43 Å². The zero-order chi connectivity index (χ0) is 22.9. The van der Waals surface area contributed by atoms with Crippen LogP contribution >= 0.6 is 45.8 Å². The van der Waals surface area contributed by atoms with Crippen molar-refractivity contribution >= 4 is 57.9 Å². The highest BCUT2D eigenvalue weighted by Crippen LogP contribution is 2.35. The summed E-state index contributed by atoms with van der Waals surface area (Å²) in [6.07, 6.45) is 1.84. The van der Waals surface area contributed by atoms with Gasteiger partial charge in [-0.2, -0.15) is 5.10 Å². The molecule has 0 radical (unpaired) electrons. The van der Waals surface area contributed by atoms with Gasteiger partial charge in [-0.25, -0.2) is 5.43 Å². The Hall–Kier alpha value is -2.29. The molecule has 3 aromatic carbocycles. The molecule has 0 aliphatic heterocycles. The van der Waals surface area contributed by atoms with E-state index in [1.54, 1.807) is 18.3 Å². The van der Waals surface area contributed by atoms with Crippen molar-refractivity contribution in [2.75, 3.05) is 6.61 Å². The topological polar surface area (TPSA) is 59.9 Å². The largest absolute Gasteiger partial charge is 0.490 e. The molecule has 0 atom stereocenters. The lowest BCUT2D eigenvalue weighted by Gasteiger charge is -2.15. The molecule has 166 valence electrons. The SMILES string of the molecule is CCOc1cc(/C=N\NC(=O)Cc2ccccc2)cc(I)c1OCc1ccc(Cl)cc1Cl. The molecule has 0 aromatic heterocycles. The van der Waals surface area contributed by atoms with E-state index < -0.39 is 0 Å². The number of halogens is 3. The predicted octanol–water partition coefficient (Wildman–Crippen LogP) is 6.27. The van der Waals surface area contributed by atoms with Gasteiger partial charge in [-0.15, -0.1) is 0 Å². The van der Waals surface area contributed by atoms with Gasteiger partial charge >= 0.3 is 0 Å². The van der Waals surface area contributed by atoms with E-state index in [0.29, 0.717) is 28.2 Å². The number of hydrogen-bond acceptors (Lipinski definition) is 4. The average molecular weight is 583 g/mol. The molecule has 32 heavy (non-hydrogen) atoms. The molecule has 0 spiro atoms. The number of rotatable bonds is 9. The van der Waals surface area contributed by atoms with E-state index in [2.05, 4.69) is 33.1 Å². The van der Waals surface area contributed by atoms with E-state index in [-0.39, 0.29) is 18.9 Å². The number of ether oxygens (including phenoxy) is 2. The van der Waals surface area contributed by atoms with E-state index in [4.69, 9.17) is 32.7 Å². The molecule has 3 rings (SSSR count). The van der Waals surface area contributed by atoms with Gasteiger partial charge in [-0.1, -0.05) is 59.6 Å². The smallest absolute Gasteiger partial charge is 0.244 e. The molecule has 0 aliphatic rings. The summed E-state index contributed by atoms with van der Waals surface area (Å²) in [5, 5.41) is 5.18. The third kappa shape index (κ3) is 7.12. The Morgan fingerprint density at radius 2 is 1.88 bits per heavy atom. The summed E-state index contributed by atoms with van der Waals surface area (Å²) in [4.78, 5) is 12.1. The predicted molar refractivity (Wildman–Crippen MR) is 137 cm³/mol. The first-order valence-electron chi connectivity index (χ1n) is 9.85. The fourth-order valence-corrected chi connectivity index (χ4v) is 4.10. The van der Waals surface area contributed by atoms with Crippen LogP contribution in [-0.2, 0) is 17.8 Å². The Morgan fingerprint density at radius 3 is 2.59 bits per heavy atom. The second kappa shape index (κ2) is 12.1. The summed E-state index contributed by atoms with van der Waals surface area (Å²) in [5.41, 5.74) is 5.07. The normalized spacial score (nSPS) is 10.9. The summed E-state index contributed by atoms with van der Waals surface area (Å²) >= 11 is 14.4. The van der Waals surface area contributed by atoms with Crippen LogP contribution in [0.25, 0.3) is 0 Å². The Balaban J connectivity index is 1.68. The second-order valence-electron chi connectivity index (χ2n) is 6.74. The van der Waals surface area contributed by atoms with Crippen LogP contribution in [0.1, 0.15) is 23.6 Å². The van der Waals surface area contributed by atoms with E-state index in [1.165, 1.54) is 0 Å². The van der Waals surface area contributed by atoms with Crippen molar-refractivity contribution in [3.05, 3.63) is 91.0 Å². The standard InChI is InChI=1S/C24H21Cl2IN2O3/c1-2-31-22-11-17(14-28-29-23(30)12-16-6-4-3-5-7-16)10-21(27)24(22)32-15-18-8-9-19(25)13-20(18)26/h3-11,13-14H,2,12,15H2,1H3,(H,29,30)/b28-14-. The maximum Gasteiger partial charge on any atom is 0.244 e. The maximum absolute atomic E-state index is 12.1. The molecule has 0 bridgehead atoms. The van der Waals surface area contributed by atoms with Crippen molar-refractivity contribution < 1.29 is 14.3 Å². The van der Waals surface area contributed by atoms with E-state index in [1.807, 2.05) is 55.5 Å². The van der Waals surface area contributed by atoms with Gasteiger partial charge in [0, 0.05) is 15.6 Å². The second-order valence-corrected chi connectivity index (χ2v) is 8.75. The average Bonchev–Trinajstić information content (AvgIpc) is 2.75. The lowest BCUT2D eigenvalue weighted by molar-refractivity contribution is -0.120. The monoisotopic (exact) mass is 582 g/mol. The number of hydrazone groups is 1. The number of carbonyl (C=O) groups excluding carboxylic acids is 1. The molecule has 0 unspecified atom stereocenters. The number of nitrogens with zero attached hydrogens (tertiary/aromatic N) is 1. The molecule has 1 amide bonds. The molecular formula is C24H21Cl2IN2O3. The highest BCUT2D eigenvalue weighted by Gasteiger charge is 2.13. The summed E-state index contributed by atoms with van der Waals surface area (Å²) in [5.74, 6) is 1.01. The molecule has 8 heteroatoms. The lowest BCUT2D eigenvalue weighted by Crippen LogP contribution is -2.19. The highest BCUT2D eigenvalue weighted by atomic mass is 127. The van der Waals surface area contributed by atoms with Gasteiger partial charge < -0.3 is 9.47 Å². The van der Waals surface area contributed by atoms with Crippen LogP contribution < -0.4 is 14.9 Å². The Morgan fingerprint density at radius 1 is 1.09 bits per heavy atom. The molecule has 0 heterocycles. The van der Waals surface area contributed by atoms with Crippen LogP contribution in [0.15, 0.2) is 65.8 Å². The van der Waals surface area contributed by atoms with Crippen molar-refractivity contribution in [3.8, 4) is 11.5 Å². The van der Waals surface area contributed by atoms with Crippen molar-refractivity contribution in [2.45, 2.75) is 20.0 Å². The summed E-state index contributed by atoms with van der Waals surface area (Å²) in [6.45, 7) is 2.65. The van der Waals surface area contributed by atoms with Gasteiger partial charge in [-0.05, 0) is 64.9 Å². The van der Waals surface area contributed by atoms with Gasteiger partial charge in [0.05, 0.1) is 22.8 Å². The van der Waals surface area contributed by atoms with Gasteiger partial charge in [0.25, 0.3) is 0 Å². The molecule has 0 saturated carbocycles. The van der Waals surface area contributed by atoms with Crippen LogP contribution in [0.5, 0.6) is 11.5 Å². The van der Waals surface area contributed by atoms with Gasteiger partial charge in [-0.3, -0.25) is 4.79 Å². The van der Waals surface area contributed by atoms with Crippen LogP contribution in [-0.4, -0.2) is 18.7 Å². The van der Waals surface area contributed by atoms with Gasteiger partial charge in [0.15, 0.2) is 11.5 Å². The zero-order valence-corrected chi connectivity index (χ0v) is 20.9. The zero-order valence-electron chi connectivity index (χ0n) is 17.3. The van der Waals surface area contributed by atoms with Crippen molar-refractivity contribution in [3.63, 3.8) is 0 Å². The fourth-order valence-electron chi connectivity index (χ4n) is 2.85. The maximum atomic E-state index is 12.1. The molecule has 5 nitrogen and oxygen atoms in total. The molecule has 0 saturated heterocycles. The third-order valence-corrected chi connectivity index (χ3v) is 5.72. The van der Waals surface area contributed by atoms with Gasteiger partial charge in [0.1, 0.15) is 6.61 Å². The summed E-state index contributed by atoms with van der Waals surface area (Å²) in [6, 6.07) is 18.5. The molecule has 0 fully saturated rings. The quantitative estimate of drug-likeness (QED) is 0.184. The van der Waals surface area contributed by atoms with E-state index in [0.717, 1.165) is 20.3 Å². The van der Waals surface area contributed by atoms with Crippen LogP contribution in [0.2, 0.25) is 10.0 Å². The molecule has 1 N–H and O–H groups in total. The Kier molecular flexibility index (Phi) is 9.20. The van der Waals surface area contributed by atoms with Crippen LogP contribution in [0, 0.1) is 3.57 Å². The minimum absolute atomic E-state index is 0.188. The first-order valence-corrected chi connectivity index (χ1v) is 11.7. The first kappa shape index (κ1) is 24.4. The first-order chi connectivity index (χ1) is 15.5. The van der Waals surface area contributed by atoms with Crippen molar-refractivity contribution in [2.24, 2.45) is 5.10 Å². The van der Waals surface area contributed by atoms with Crippen LogP contribution in [0.4, 0.5) is 0 Å². The minimum atomic E-state index is -0.188. The van der Waals surface area contributed by atoms with E-state index in [9.17, 15) is 4.79 Å². The number of nitrogens with one attached hydrogen (secondary N) is 1. The Bertz CT molecular complexity index is 1110. The Labute approximate surface area is 210 Å². The highest BCUT2D eigenvalue weighted by molar-refractivity contribution is 14.1. The number of amides is 1. The number of hydrogen-bond donors (Lipinski definition) is 1. The molecule has 0 aliphatic carbocycles. The number of benzene rings is 3. The fraction of sp³-hybridized carbons (Fsp3) is 0.167.